The molecule has 0 aromatic heterocycles. The van der Waals surface area contributed by atoms with E-state index in [4.69, 9.17) is 0 Å². The molecule has 0 aromatic carbocycles. The first kappa shape index (κ1) is 14.7. The van der Waals surface area contributed by atoms with Crippen molar-refractivity contribution in [3.63, 3.8) is 0 Å². The molecule has 2 heteroatoms. The van der Waals surface area contributed by atoms with Gasteiger partial charge in [-0.1, -0.05) is 37.8 Å². The summed E-state index contributed by atoms with van der Waals surface area (Å²) in [7, 11) is 0. The van der Waals surface area contributed by atoms with Crippen LogP contribution >= 0.6 is 0 Å². The Hall–Kier alpha value is -1.31. The van der Waals surface area contributed by atoms with Crippen molar-refractivity contribution in [3.05, 3.63) is 36.5 Å². The molecule has 0 radical (unpaired) electrons. The summed E-state index contributed by atoms with van der Waals surface area (Å²) in [6.07, 6.45) is 9.53. The highest BCUT2D eigenvalue weighted by atomic mass is 16.1. The number of nitrogens with one attached hydrogen (secondary N) is 1. The molecule has 1 unspecified atom stereocenters. The quantitative estimate of drug-likeness (QED) is 0.685. The third-order valence-corrected chi connectivity index (χ3v) is 2.57. The van der Waals surface area contributed by atoms with Crippen molar-refractivity contribution in [1.29, 1.82) is 0 Å². The van der Waals surface area contributed by atoms with E-state index in [1.165, 1.54) is 5.57 Å². The summed E-state index contributed by atoms with van der Waals surface area (Å²) in [6, 6.07) is 0. The summed E-state index contributed by atoms with van der Waals surface area (Å²) in [4.78, 5) is 11.1. The molecule has 0 bridgehead atoms. The van der Waals surface area contributed by atoms with Gasteiger partial charge in [0, 0.05) is 12.5 Å². The predicted octanol–water partition coefficient (Wildman–Crippen LogP) is 3.37. The number of carbonyl (C=O) groups is 1. The number of hydrogen-bond donors (Lipinski definition) is 1. The van der Waals surface area contributed by atoms with Crippen LogP contribution in [0.5, 0.6) is 0 Å². The van der Waals surface area contributed by atoms with Crippen LogP contribution in [0.4, 0.5) is 0 Å². The van der Waals surface area contributed by atoms with Crippen molar-refractivity contribution < 1.29 is 4.79 Å². The van der Waals surface area contributed by atoms with Crippen molar-refractivity contribution >= 4 is 5.91 Å². The van der Waals surface area contributed by atoms with Crippen molar-refractivity contribution in [2.75, 3.05) is 0 Å². The minimum atomic E-state index is -0.180. The van der Waals surface area contributed by atoms with Crippen LogP contribution in [0.3, 0.4) is 0 Å². The second-order valence-electron chi connectivity index (χ2n) is 4.25. The minimum Gasteiger partial charge on any atom is -0.351 e. The highest BCUT2D eigenvalue weighted by Crippen LogP contribution is 2.21. The van der Waals surface area contributed by atoms with Gasteiger partial charge in [-0.25, -0.2) is 0 Å². The molecule has 2 nitrogen and oxygen atoms in total. The molecular formula is C14H23NO. The Labute approximate surface area is 99.1 Å². The Morgan fingerprint density at radius 1 is 1.50 bits per heavy atom. The lowest BCUT2D eigenvalue weighted by molar-refractivity contribution is -0.120. The fourth-order valence-corrected chi connectivity index (χ4v) is 1.67. The largest absolute Gasteiger partial charge is 0.351 e. The summed E-state index contributed by atoms with van der Waals surface area (Å²) in [5, 5.41) is 3.01. The van der Waals surface area contributed by atoms with Crippen LogP contribution in [-0.4, -0.2) is 11.4 Å². The average Bonchev–Trinajstić information content (AvgIpc) is 2.17. The first-order valence-corrected chi connectivity index (χ1v) is 5.70. The monoisotopic (exact) mass is 221 g/mol. The van der Waals surface area contributed by atoms with E-state index >= 15 is 0 Å². The zero-order valence-corrected chi connectivity index (χ0v) is 10.8. The van der Waals surface area contributed by atoms with Gasteiger partial charge in [-0.05, 0) is 32.3 Å². The van der Waals surface area contributed by atoms with Gasteiger partial charge in [0.25, 0.3) is 0 Å². The Bertz CT molecular complexity index is 302. The number of carbonyl (C=O) groups excluding carboxylic acids is 1. The molecular weight excluding hydrogens is 198 g/mol. The lowest BCUT2D eigenvalue weighted by Crippen LogP contribution is -2.44. The summed E-state index contributed by atoms with van der Waals surface area (Å²) >= 11 is 0. The van der Waals surface area contributed by atoms with Gasteiger partial charge in [-0.2, -0.15) is 0 Å². The van der Waals surface area contributed by atoms with E-state index in [2.05, 4.69) is 31.8 Å². The Morgan fingerprint density at radius 2 is 2.12 bits per heavy atom. The molecule has 1 amide bonds. The Morgan fingerprint density at radius 3 is 2.50 bits per heavy atom. The predicted molar refractivity (Wildman–Crippen MR) is 70.2 cm³/mol. The zero-order chi connectivity index (χ0) is 12.6. The average molecular weight is 221 g/mol. The SMILES string of the molecule is C=C/C=C(\C=C/C)CC(C)(CC)NC(C)=O. The maximum Gasteiger partial charge on any atom is 0.217 e. The highest BCUT2D eigenvalue weighted by molar-refractivity contribution is 5.73. The highest BCUT2D eigenvalue weighted by Gasteiger charge is 2.23. The fraction of sp³-hybridized carbons (Fsp3) is 0.500. The number of hydrogen-bond acceptors (Lipinski definition) is 1. The normalized spacial score (nSPS) is 15.9. The number of amides is 1. The molecule has 0 aromatic rings. The maximum absolute atomic E-state index is 11.1. The van der Waals surface area contributed by atoms with E-state index in [-0.39, 0.29) is 11.4 Å². The molecule has 1 N–H and O–H groups in total. The van der Waals surface area contributed by atoms with Crippen LogP contribution in [0.2, 0.25) is 0 Å². The van der Waals surface area contributed by atoms with E-state index in [1.807, 2.05) is 19.1 Å². The topological polar surface area (TPSA) is 29.1 Å². The first-order valence-electron chi connectivity index (χ1n) is 5.70. The van der Waals surface area contributed by atoms with Gasteiger partial charge >= 0.3 is 0 Å². The molecule has 0 aliphatic rings. The fourth-order valence-electron chi connectivity index (χ4n) is 1.67. The molecule has 0 saturated heterocycles. The molecule has 0 aliphatic carbocycles. The molecule has 0 rings (SSSR count). The summed E-state index contributed by atoms with van der Waals surface area (Å²) < 4.78 is 0. The molecule has 0 aliphatic heterocycles. The van der Waals surface area contributed by atoms with E-state index in [0.717, 1.165) is 12.8 Å². The number of allylic oxidation sites excluding steroid dienone is 4. The van der Waals surface area contributed by atoms with Crippen molar-refractivity contribution in [2.24, 2.45) is 0 Å². The van der Waals surface area contributed by atoms with Crippen molar-refractivity contribution in [3.8, 4) is 0 Å². The standard InChI is InChI=1S/C14H23NO/c1-6-9-13(10-7-2)11-14(5,8-3)15-12(4)16/h6-7,9-10H,1,8,11H2,2-5H3,(H,15,16)/b10-7-,13-9+. The third-order valence-electron chi connectivity index (χ3n) is 2.57. The first-order chi connectivity index (χ1) is 7.47. The Balaban J connectivity index is 4.78. The lowest BCUT2D eigenvalue weighted by Gasteiger charge is -2.29. The second kappa shape index (κ2) is 7.04. The lowest BCUT2D eigenvalue weighted by atomic mass is 9.89. The molecule has 0 saturated carbocycles. The van der Waals surface area contributed by atoms with E-state index in [1.54, 1.807) is 13.0 Å². The molecule has 0 spiro atoms. The van der Waals surface area contributed by atoms with Crippen LogP contribution in [0.15, 0.2) is 36.5 Å². The molecule has 90 valence electrons. The summed E-state index contributed by atoms with van der Waals surface area (Å²) in [6.45, 7) is 11.4. The maximum atomic E-state index is 11.1. The Kier molecular flexibility index (Phi) is 6.47. The van der Waals surface area contributed by atoms with Gasteiger partial charge < -0.3 is 5.32 Å². The van der Waals surface area contributed by atoms with Gasteiger partial charge in [-0.3, -0.25) is 4.79 Å². The van der Waals surface area contributed by atoms with Crippen molar-refractivity contribution in [2.45, 2.75) is 46.1 Å². The van der Waals surface area contributed by atoms with E-state index < -0.39 is 0 Å². The van der Waals surface area contributed by atoms with E-state index in [0.29, 0.717) is 0 Å². The number of rotatable bonds is 6. The zero-order valence-electron chi connectivity index (χ0n) is 10.8. The van der Waals surface area contributed by atoms with E-state index in [9.17, 15) is 4.79 Å². The second-order valence-corrected chi connectivity index (χ2v) is 4.25. The molecule has 0 fully saturated rings. The molecule has 1 atom stereocenters. The van der Waals surface area contributed by atoms with Gasteiger partial charge in [0.1, 0.15) is 0 Å². The third kappa shape index (κ3) is 5.54. The summed E-state index contributed by atoms with van der Waals surface area (Å²) in [5.74, 6) is 0.0165. The van der Waals surface area contributed by atoms with Crippen LogP contribution in [0, 0.1) is 0 Å². The van der Waals surface area contributed by atoms with Crippen molar-refractivity contribution in [1.82, 2.24) is 5.32 Å². The van der Waals surface area contributed by atoms with Gasteiger partial charge in [0.2, 0.25) is 5.91 Å². The van der Waals surface area contributed by atoms with Gasteiger partial charge in [0.05, 0.1) is 0 Å². The summed E-state index contributed by atoms with van der Waals surface area (Å²) in [5.41, 5.74) is 0.996. The molecule has 0 heterocycles. The van der Waals surface area contributed by atoms with Crippen LogP contribution < -0.4 is 5.32 Å². The van der Waals surface area contributed by atoms with Gasteiger partial charge in [-0.15, -0.1) is 0 Å². The van der Waals surface area contributed by atoms with Gasteiger partial charge in [0.15, 0.2) is 0 Å². The van der Waals surface area contributed by atoms with Crippen LogP contribution in [0.1, 0.15) is 40.5 Å². The smallest absolute Gasteiger partial charge is 0.217 e. The molecule has 16 heavy (non-hydrogen) atoms. The van der Waals surface area contributed by atoms with Crippen LogP contribution in [0.25, 0.3) is 0 Å². The van der Waals surface area contributed by atoms with Crippen LogP contribution in [-0.2, 0) is 4.79 Å². The minimum absolute atomic E-state index is 0.0165.